The molecule has 1 rings (SSSR count). The van der Waals surface area contributed by atoms with Crippen LogP contribution in [0.4, 0.5) is 0 Å². The molecule has 0 heterocycles. The molecule has 0 fully saturated rings. The third kappa shape index (κ3) is 3.27. The van der Waals surface area contributed by atoms with E-state index < -0.39 is 0 Å². The van der Waals surface area contributed by atoms with Gasteiger partial charge in [-0.1, -0.05) is 6.92 Å². The van der Waals surface area contributed by atoms with E-state index >= 15 is 0 Å². The number of hydrogen-bond donors (Lipinski definition) is 1. The lowest BCUT2D eigenvalue weighted by molar-refractivity contribution is 0.274. The van der Waals surface area contributed by atoms with Crippen LogP contribution in [0.25, 0.3) is 0 Å². The van der Waals surface area contributed by atoms with E-state index in [1.54, 1.807) is 14.2 Å². The fourth-order valence-electron chi connectivity index (χ4n) is 1.51. The summed E-state index contributed by atoms with van der Waals surface area (Å²) in [6.45, 7) is 4.60. The van der Waals surface area contributed by atoms with E-state index in [1.165, 1.54) is 0 Å². The van der Waals surface area contributed by atoms with Crippen LogP contribution >= 0.6 is 0 Å². The van der Waals surface area contributed by atoms with Gasteiger partial charge in [0, 0.05) is 6.04 Å². The minimum Gasteiger partial charge on any atom is -0.493 e. The molecule has 1 aromatic rings. The largest absolute Gasteiger partial charge is 0.493 e. The first-order valence-electron chi connectivity index (χ1n) is 5.78. The van der Waals surface area contributed by atoms with E-state index in [9.17, 15) is 0 Å². The summed E-state index contributed by atoms with van der Waals surface area (Å²) < 4.78 is 16.3. The Morgan fingerprint density at radius 3 is 2.06 bits per heavy atom. The van der Waals surface area contributed by atoms with Crippen molar-refractivity contribution in [3.05, 3.63) is 17.7 Å². The lowest BCUT2D eigenvalue weighted by Crippen LogP contribution is -2.07. The summed E-state index contributed by atoms with van der Waals surface area (Å²) in [5, 5.41) is 0. The average Bonchev–Trinajstić information content (AvgIpc) is 2.34. The van der Waals surface area contributed by atoms with Gasteiger partial charge in [-0.3, -0.25) is 0 Å². The quantitative estimate of drug-likeness (QED) is 0.828. The van der Waals surface area contributed by atoms with Crippen LogP contribution < -0.4 is 19.9 Å². The first-order chi connectivity index (χ1) is 8.13. The Morgan fingerprint density at radius 1 is 1.18 bits per heavy atom. The van der Waals surface area contributed by atoms with Crippen LogP contribution in [-0.4, -0.2) is 20.8 Å². The van der Waals surface area contributed by atoms with E-state index in [0.717, 1.165) is 12.0 Å². The molecule has 4 heteroatoms. The van der Waals surface area contributed by atoms with Crippen molar-refractivity contribution < 1.29 is 14.2 Å². The van der Waals surface area contributed by atoms with Crippen molar-refractivity contribution in [2.45, 2.75) is 26.3 Å². The second kappa shape index (κ2) is 6.35. The fraction of sp³-hybridized carbons (Fsp3) is 0.538. The number of ether oxygens (including phenoxy) is 3. The van der Waals surface area contributed by atoms with Crippen LogP contribution in [-0.2, 0) is 0 Å². The zero-order valence-corrected chi connectivity index (χ0v) is 10.9. The molecule has 0 aliphatic heterocycles. The maximum atomic E-state index is 5.86. The van der Waals surface area contributed by atoms with Crippen LogP contribution in [0, 0.1) is 0 Å². The van der Waals surface area contributed by atoms with Gasteiger partial charge in [-0.05, 0) is 31.0 Å². The highest BCUT2D eigenvalue weighted by Gasteiger charge is 2.15. The highest BCUT2D eigenvalue weighted by molar-refractivity contribution is 5.54. The van der Waals surface area contributed by atoms with Crippen molar-refractivity contribution in [1.82, 2.24) is 0 Å². The van der Waals surface area contributed by atoms with Crippen LogP contribution in [0.2, 0.25) is 0 Å². The molecule has 0 bridgehead atoms. The van der Waals surface area contributed by atoms with Gasteiger partial charge in [0.2, 0.25) is 5.75 Å². The molecule has 1 aromatic carbocycles. The Kier molecular flexibility index (Phi) is 5.10. The van der Waals surface area contributed by atoms with Gasteiger partial charge in [0.25, 0.3) is 0 Å². The van der Waals surface area contributed by atoms with Crippen molar-refractivity contribution in [3.8, 4) is 17.2 Å². The van der Waals surface area contributed by atoms with E-state index in [2.05, 4.69) is 6.92 Å². The average molecular weight is 239 g/mol. The van der Waals surface area contributed by atoms with Gasteiger partial charge < -0.3 is 19.9 Å². The number of nitrogens with two attached hydrogens (primary N) is 1. The van der Waals surface area contributed by atoms with Crippen LogP contribution in [0.15, 0.2) is 12.1 Å². The Labute approximate surface area is 103 Å². The summed E-state index contributed by atoms with van der Waals surface area (Å²) in [4.78, 5) is 0. The van der Waals surface area contributed by atoms with Gasteiger partial charge in [0.05, 0.1) is 20.8 Å². The minimum absolute atomic E-state index is 0.0713. The molecule has 0 amide bonds. The zero-order valence-electron chi connectivity index (χ0n) is 10.9. The van der Waals surface area contributed by atoms with Gasteiger partial charge in [0.1, 0.15) is 0 Å². The summed E-state index contributed by atoms with van der Waals surface area (Å²) in [7, 11) is 3.22. The molecule has 96 valence electrons. The predicted molar refractivity (Wildman–Crippen MR) is 67.9 cm³/mol. The SMILES string of the molecule is CCCOc1c(OC)cc(C(C)N)cc1OC. The van der Waals surface area contributed by atoms with Crippen LogP contribution in [0.1, 0.15) is 31.9 Å². The zero-order chi connectivity index (χ0) is 12.8. The lowest BCUT2D eigenvalue weighted by Gasteiger charge is -2.17. The predicted octanol–water partition coefficient (Wildman–Crippen LogP) is 2.51. The van der Waals surface area contributed by atoms with Crippen molar-refractivity contribution >= 4 is 0 Å². The number of benzene rings is 1. The normalized spacial score (nSPS) is 12.1. The van der Waals surface area contributed by atoms with Gasteiger partial charge >= 0.3 is 0 Å². The van der Waals surface area contributed by atoms with E-state index in [0.29, 0.717) is 23.9 Å². The minimum atomic E-state index is -0.0713. The highest BCUT2D eigenvalue weighted by Crippen LogP contribution is 2.39. The Hall–Kier alpha value is -1.42. The smallest absolute Gasteiger partial charge is 0.203 e. The van der Waals surface area contributed by atoms with Crippen LogP contribution in [0.3, 0.4) is 0 Å². The fourth-order valence-corrected chi connectivity index (χ4v) is 1.51. The second-order valence-electron chi connectivity index (χ2n) is 3.89. The first-order valence-corrected chi connectivity index (χ1v) is 5.78. The molecule has 0 aliphatic carbocycles. The standard InChI is InChI=1S/C13H21NO3/c1-5-6-17-13-11(15-3)7-10(9(2)14)8-12(13)16-4/h7-9H,5-6,14H2,1-4H3. The molecule has 1 atom stereocenters. The molecule has 0 spiro atoms. The molecule has 0 aliphatic rings. The van der Waals surface area contributed by atoms with Gasteiger partial charge in [0.15, 0.2) is 11.5 Å². The van der Waals surface area contributed by atoms with Crippen molar-refractivity contribution in [2.24, 2.45) is 5.73 Å². The number of hydrogen-bond acceptors (Lipinski definition) is 4. The van der Waals surface area contributed by atoms with E-state index in [-0.39, 0.29) is 6.04 Å². The molecule has 2 N–H and O–H groups in total. The molecule has 1 unspecified atom stereocenters. The lowest BCUT2D eigenvalue weighted by atomic mass is 10.1. The summed E-state index contributed by atoms with van der Waals surface area (Å²) in [6.07, 6.45) is 0.932. The third-order valence-corrected chi connectivity index (χ3v) is 2.46. The molecule has 0 saturated heterocycles. The first kappa shape index (κ1) is 13.6. The Balaban J connectivity index is 3.16. The molecule has 17 heavy (non-hydrogen) atoms. The molecule has 0 saturated carbocycles. The van der Waals surface area contributed by atoms with Crippen molar-refractivity contribution in [2.75, 3.05) is 20.8 Å². The van der Waals surface area contributed by atoms with E-state index in [1.807, 2.05) is 19.1 Å². The topological polar surface area (TPSA) is 53.7 Å². The summed E-state index contributed by atoms with van der Waals surface area (Å²) in [6, 6.07) is 3.70. The second-order valence-corrected chi connectivity index (χ2v) is 3.89. The summed E-state index contributed by atoms with van der Waals surface area (Å²) in [5.74, 6) is 1.96. The molecule has 0 aromatic heterocycles. The van der Waals surface area contributed by atoms with Crippen LogP contribution in [0.5, 0.6) is 17.2 Å². The molecule has 4 nitrogen and oxygen atoms in total. The number of methoxy groups -OCH3 is 2. The molecular weight excluding hydrogens is 218 g/mol. The highest BCUT2D eigenvalue weighted by atomic mass is 16.5. The molecular formula is C13H21NO3. The Bertz CT molecular complexity index is 339. The van der Waals surface area contributed by atoms with Crippen molar-refractivity contribution in [3.63, 3.8) is 0 Å². The van der Waals surface area contributed by atoms with E-state index in [4.69, 9.17) is 19.9 Å². The summed E-state index contributed by atoms with van der Waals surface area (Å²) >= 11 is 0. The van der Waals surface area contributed by atoms with Crippen molar-refractivity contribution in [1.29, 1.82) is 0 Å². The number of rotatable bonds is 6. The monoisotopic (exact) mass is 239 g/mol. The van der Waals surface area contributed by atoms with Gasteiger partial charge in [-0.15, -0.1) is 0 Å². The molecule has 0 radical (unpaired) electrons. The van der Waals surface area contributed by atoms with Gasteiger partial charge in [-0.25, -0.2) is 0 Å². The Morgan fingerprint density at radius 2 is 1.71 bits per heavy atom. The third-order valence-electron chi connectivity index (χ3n) is 2.46. The summed E-state index contributed by atoms with van der Waals surface area (Å²) in [5.41, 5.74) is 6.82. The maximum Gasteiger partial charge on any atom is 0.203 e. The van der Waals surface area contributed by atoms with Gasteiger partial charge in [-0.2, -0.15) is 0 Å². The maximum absolute atomic E-state index is 5.86.